The molecule has 0 unspecified atom stereocenters. The molecule has 0 aliphatic heterocycles. The predicted molar refractivity (Wildman–Crippen MR) is 65.8 cm³/mol. The van der Waals surface area contributed by atoms with Crippen molar-refractivity contribution in [2.45, 2.75) is 32.5 Å². The van der Waals surface area contributed by atoms with Gasteiger partial charge in [-0.15, -0.1) is 0 Å². The Bertz CT molecular complexity index is 433. The number of rotatable bonds is 3. The first-order valence-electron chi connectivity index (χ1n) is 5.69. The lowest BCUT2D eigenvalue weighted by atomic mass is 10.2. The lowest BCUT2D eigenvalue weighted by molar-refractivity contribution is -0.137. The second-order valence-corrected chi connectivity index (χ2v) is 5.02. The number of carbonyl (C=O) groups excluding carboxylic acids is 1. The molecule has 3 nitrogen and oxygen atoms in total. The van der Waals surface area contributed by atoms with Crippen molar-refractivity contribution in [3.05, 3.63) is 29.8 Å². The Balaban J connectivity index is 2.56. The monoisotopic (exact) mass is 275 g/mol. The fourth-order valence-electron chi connectivity index (χ4n) is 1.22. The van der Waals surface area contributed by atoms with Gasteiger partial charge in [-0.3, -0.25) is 4.79 Å². The van der Waals surface area contributed by atoms with Crippen molar-refractivity contribution in [1.82, 2.24) is 0 Å². The number of anilines is 1. The number of amides is 1. The normalized spacial score (nSPS) is 12.3. The van der Waals surface area contributed by atoms with Gasteiger partial charge in [0.05, 0.1) is 11.2 Å². The summed E-state index contributed by atoms with van der Waals surface area (Å²) in [5.74, 6) is -0.408. The summed E-state index contributed by atoms with van der Waals surface area (Å²) in [6, 6.07) is 4.25. The van der Waals surface area contributed by atoms with Crippen molar-refractivity contribution in [3.8, 4) is 0 Å². The predicted octanol–water partition coefficient (Wildman–Crippen LogP) is 3.46. The van der Waals surface area contributed by atoms with Gasteiger partial charge in [-0.25, -0.2) is 0 Å². The van der Waals surface area contributed by atoms with E-state index < -0.39 is 23.2 Å². The molecule has 0 aliphatic rings. The first-order chi connectivity index (χ1) is 8.58. The largest absolute Gasteiger partial charge is 0.416 e. The summed E-state index contributed by atoms with van der Waals surface area (Å²) in [6.07, 6.45) is -4.38. The van der Waals surface area contributed by atoms with Crippen LogP contribution in [0.15, 0.2) is 24.3 Å². The minimum atomic E-state index is -4.38. The van der Waals surface area contributed by atoms with Gasteiger partial charge < -0.3 is 10.1 Å². The van der Waals surface area contributed by atoms with Crippen molar-refractivity contribution in [2.24, 2.45) is 0 Å². The second-order valence-electron chi connectivity index (χ2n) is 5.02. The van der Waals surface area contributed by atoms with Crippen molar-refractivity contribution < 1.29 is 22.7 Å². The summed E-state index contributed by atoms with van der Waals surface area (Å²) >= 11 is 0. The van der Waals surface area contributed by atoms with E-state index in [9.17, 15) is 18.0 Å². The highest BCUT2D eigenvalue weighted by molar-refractivity contribution is 5.91. The van der Waals surface area contributed by atoms with Crippen LogP contribution in [0.2, 0.25) is 0 Å². The maximum absolute atomic E-state index is 12.3. The first kappa shape index (κ1) is 15.5. The standard InChI is InChI=1S/C13H16F3NO2/c1-12(2,3)19-8-11(18)17-10-6-4-9(5-7-10)13(14,15)16/h4-7H,8H2,1-3H3,(H,17,18). The SMILES string of the molecule is CC(C)(C)OCC(=O)Nc1ccc(C(F)(F)F)cc1. The zero-order valence-electron chi connectivity index (χ0n) is 11.0. The molecule has 1 N–H and O–H groups in total. The van der Waals surface area contributed by atoms with Gasteiger partial charge in [-0.1, -0.05) is 0 Å². The molecule has 0 saturated heterocycles. The van der Waals surface area contributed by atoms with E-state index >= 15 is 0 Å². The third kappa shape index (κ3) is 5.74. The molecule has 19 heavy (non-hydrogen) atoms. The van der Waals surface area contributed by atoms with Crippen LogP contribution in [0.3, 0.4) is 0 Å². The summed E-state index contributed by atoms with van der Waals surface area (Å²) < 4.78 is 42.2. The van der Waals surface area contributed by atoms with E-state index in [0.29, 0.717) is 5.69 Å². The van der Waals surface area contributed by atoms with Crippen molar-refractivity contribution in [3.63, 3.8) is 0 Å². The topological polar surface area (TPSA) is 38.3 Å². The third-order valence-corrected chi connectivity index (χ3v) is 2.13. The molecule has 0 aliphatic carbocycles. The van der Waals surface area contributed by atoms with Crippen LogP contribution in [0.5, 0.6) is 0 Å². The van der Waals surface area contributed by atoms with Gasteiger partial charge in [0.1, 0.15) is 6.61 Å². The van der Waals surface area contributed by atoms with Crippen LogP contribution in [-0.2, 0) is 15.7 Å². The van der Waals surface area contributed by atoms with Crippen LogP contribution in [0.25, 0.3) is 0 Å². The Hall–Kier alpha value is -1.56. The van der Waals surface area contributed by atoms with Gasteiger partial charge in [0.2, 0.25) is 5.91 Å². The lowest BCUT2D eigenvalue weighted by Crippen LogP contribution is -2.27. The smallest absolute Gasteiger partial charge is 0.366 e. The van der Waals surface area contributed by atoms with Gasteiger partial charge in [0.15, 0.2) is 0 Å². The van der Waals surface area contributed by atoms with Crippen LogP contribution < -0.4 is 5.32 Å². The Morgan fingerprint density at radius 1 is 1.16 bits per heavy atom. The zero-order chi connectivity index (χ0) is 14.7. The van der Waals surface area contributed by atoms with Crippen molar-refractivity contribution in [1.29, 1.82) is 0 Å². The number of nitrogens with one attached hydrogen (secondary N) is 1. The van der Waals surface area contributed by atoms with Crippen LogP contribution in [0.4, 0.5) is 18.9 Å². The Morgan fingerprint density at radius 3 is 2.11 bits per heavy atom. The minimum absolute atomic E-state index is 0.148. The molecule has 1 amide bonds. The van der Waals surface area contributed by atoms with Crippen LogP contribution in [-0.4, -0.2) is 18.1 Å². The van der Waals surface area contributed by atoms with Gasteiger partial charge >= 0.3 is 6.18 Å². The average Bonchev–Trinajstić information content (AvgIpc) is 2.25. The minimum Gasteiger partial charge on any atom is -0.366 e. The summed E-state index contributed by atoms with van der Waals surface area (Å²) in [5.41, 5.74) is -0.899. The fraction of sp³-hybridized carbons (Fsp3) is 0.462. The molecule has 0 radical (unpaired) electrons. The summed E-state index contributed by atoms with van der Waals surface area (Å²) in [7, 11) is 0. The van der Waals surface area contributed by atoms with E-state index in [0.717, 1.165) is 12.1 Å². The molecule has 1 aromatic carbocycles. The van der Waals surface area contributed by atoms with Gasteiger partial charge in [0.25, 0.3) is 0 Å². The number of ether oxygens (including phenoxy) is 1. The molecule has 6 heteroatoms. The number of alkyl halides is 3. The maximum atomic E-state index is 12.3. The molecular weight excluding hydrogens is 259 g/mol. The summed E-state index contributed by atoms with van der Waals surface area (Å²) in [4.78, 5) is 11.5. The molecule has 1 aromatic rings. The third-order valence-electron chi connectivity index (χ3n) is 2.13. The molecule has 0 fully saturated rings. The maximum Gasteiger partial charge on any atom is 0.416 e. The molecule has 106 valence electrons. The van der Waals surface area contributed by atoms with Gasteiger partial charge in [0, 0.05) is 5.69 Å². The Kier molecular flexibility index (Phi) is 4.57. The Labute approximate surface area is 109 Å². The van der Waals surface area contributed by atoms with Crippen molar-refractivity contribution >= 4 is 11.6 Å². The Morgan fingerprint density at radius 2 is 1.68 bits per heavy atom. The second kappa shape index (κ2) is 5.61. The van der Waals surface area contributed by atoms with E-state index in [-0.39, 0.29) is 6.61 Å². The highest BCUT2D eigenvalue weighted by Crippen LogP contribution is 2.29. The van der Waals surface area contributed by atoms with Crippen LogP contribution in [0, 0.1) is 0 Å². The van der Waals surface area contributed by atoms with E-state index in [2.05, 4.69) is 5.32 Å². The van der Waals surface area contributed by atoms with Gasteiger partial charge in [-0.05, 0) is 45.0 Å². The molecule has 0 bridgehead atoms. The molecule has 0 saturated carbocycles. The molecule has 0 aromatic heterocycles. The van der Waals surface area contributed by atoms with Crippen LogP contribution in [0.1, 0.15) is 26.3 Å². The van der Waals surface area contributed by atoms with E-state index in [1.807, 2.05) is 0 Å². The molecule has 0 heterocycles. The quantitative estimate of drug-likeness (QED) is 0.917. The molecular formula is C13H16F3NO2. The number of benzene rings is 1. The van der Waals surface area contributed by atoms with E-state index in [4.69, 9.17) is 4.74 Å². The first-order valence-corrected chi connectivity index (χ1v) is 5.69. The number of hydrogen-bond acceptors (Lipinski definition) is 2. The van der Waals surface area contributed by atoms with Crippen LogP contribution >= 0.6 is 0 Å². The zero-order valence-corrected chi connectivity index (χ0v) is 11.0. The number of carbonyl (C=O) groups is 1. The summed E-state index contributed by atoms with van der Waals surface area (Å²) in [6.45, 7) is 5.26. The highest BCUT2D eigenvalue weighted by Gasteiger charge is 2.29. The van der Waals surface area contributed by atoms with Gasteiger partial charge in [-0.2, -0.15) is 13.2 Å². The fourth-order valence-corrected chi connectivity index (χ4v) is 1.22. The number of hydrogen-bond donors (Lipinski definition) is 1. The average molecular weight is 275 g/mol. The van der Waals surface area contributed by atoms with E-state index in [1.54, 1.807) is 20.8 Å². The molecule has 0 atom stereocenters. The van der Waals surface area contributed by atoms with E-state index in [1.165, 1.54) is 12.1 Å². The number of halogens is 3. The highest BCUT2D eigenvalue weighted by atomic mass is 19.4. The lowest BCUT2D eigenvalue weighted by Gasteiger charge is -2.19. The molecule has 0 spiro atoms. The molecule has 1 rings (SSSR count). The van der Waals surface area contributed by atoms with Crippen molar-refractivity contribution in [2.75, 3.05) is 11.9 Å². The summed E-state index contributed by atoms with van der Waals surface area (Å²) in [5, 5.41) is 2.46.